The van der Waals surface area contributed by atoms with Gasteiger partial charge in [-0.05, 0) is 44.5 Å². The minimum absolute atomic E-state index is 0.108. The van der Waals surface area contributed by atoms with E-state index in [1.807, 2.05) is 13.0 Å². The lowest BCUT2D eigenvalue weighted by Gasteiger charge is -2.13. The van der Waals surface area contributed by atoms with Gasteiger partial charge in [0.05, 0.1) is 13.2 Å². The SMILES string of the molecule is CCOC(=O)C(=Cc1c(NC(C)=O)ccc(Br)c1C)OCC. The first-order valence-corrected chi connectivity index (χ1v) is 7.78. The second-order valence-corrected chi connectivity index (χ2v) is 5.33. The van der Waals surface area contributed by atoms with E-state index in [0.717, 1.165) is 10.0 Å². The smallest absolute Gasteiger partial charge is 0.373 e. The summed E-state index contributed by atoms with van der Waals surface area (Å²) in [5.41, 5.74) is 2.18. The quantitative estimate of drug-likeness (QED) is 0.472. The molecule has 0 atom stereocenters. The second kappa shape index (κ2) is 8.58. The second-order valence-electron chi connectivity index (χ2n) is 4.48. The van der Waals surface area contributed by atoms with Crippen molar-refractivity contribution in [3.05, 3.63) is 33.5 Å². The molecule has 0 aromatic heterocycles. The van der Waals surface area contributed by atoms with Crippen LogP contribution in [0.1, 0.15) is 31.9 Å². The van der Waals surface area contributed by atoms with Gasteiger partial charge in [0, 0.05) is 22.6 Å². The number of hydrogen-bond acceptors (Lipinski definition) is 4. The summed E-state index contributed by atoms with van der Waals surface area (Å²) in [6.07, 6.45) is 1.59. The molecule has 1 aromatic rings. The van der Waals surface area contributed by atoms with Crippen molar-refractivity contribution in [1.82, 2.24) is 0 Å². The number of amides is 1. The van der Waals surface area contributed by atoms with Crippen molar-refractivity contribution < 1.29 is 19.1 Å². The summed E-state index contributed by atoms with van der Waals surface area (Å²) in [7, 11) is 0. The first-order chi connectivity index (χ1) is 10.4. The number of ether oxygens (including phenoxy) is 2. The molecule has 0 aliphatic rings. The number of esters is 1. The van der Waals surface area contributed by atoms with Crippen LogP contribution in [0, 0.1) is 6.92 Å². The predicted octanol–water partition coefficient (Wildman–Crippen LogP) is 3.66. The first kappa shape index (κ1) is 18.2. The fourth-order valence-electron chi connectivity index (χ4n) is 1.83. The summed E-state index contributed by atoms with van der Waals surface area (Å²) in [6.45, 7) is 7.44. The summed E-state index contributed by atoms with van der Waals surface area (Å²) < 4.78 is 11.2. The van der Waals surface area contributed by atoms with Crippen molar-refractivity contribution in [3.8, 4) is 0 Å². The van der Waals surface area contributed by atoms with Crippen molar-refractivity contribution in [2.45, 2.75) is 27.7 Å². The molecule has 0 saturated heterocycles. The van der Waals surface area contributed by atoms with Gasteiger partial charge in [-0.2, -0.15) is 0 Å². The molecule has 0 heterocycles. The highest BCUT2D eigenvalue weighted by Crippen LogP contribution is 2.29. The number of carbonyl (C=O) groups excluding carboxylic acids is 2. The Kier molecular flexibility index (Phi) is 7.11. The maximum absolute atomic E-state index is 12.0. The van der Waals surface area contributed by atoms with E-state index in [1.54, 1.807) is 26.0 Å². The van der Waals surface area contributed by atoms with Crippen LogP contribution in [0.2, 0.25) is 0 Å². The van der Waals surface area contributed by atoms with E-state index in [4.69, 9.17) is 9.47 Å². The van der Waals surface area contributed by atoms with Gasteiger partial charge in [0.25, 0.3) is 0 Å². The zero-order valence-electron chi connectivity index (χ0n) is 13.2. The highest BCUT2D eigenvalue weighted by molar-refractivity contribution is 9.10. The Labute approximate surface area is 138 Å². The third-order valence-electron chi connectivity index (χ3n) is 2.81. The van der Waals surface area contributed by atoms with E-state index in [-0.39, 0.29) is 18.3 Å². The van der Waals surface area contributed by atoms with Crippen molar-refractivity contribution in [3.63, 3.8) is 0 Å². The van der Waals surface area contributed by atoms with E-state index in [9.17, 15) is 9.59 Å². The van der Waals surface area contributed by atoms with E-state index in [2.05, 4.69) is 21.2 Å². The zero-order chi connectivity index (χ0) is 16.7. The Morgan fingerprint density at radius 1 is 1.23 bits per heavy atom. The fraction of sp³-hybridized carbons (Fsp3) is 0.375. The fourth-order valence-corrected chi connectivity index (χ4v) is 2.18. The standard InChI is InChI=1S/C16H20BrNO4/c1-5-21-15(16(20)22-6-2)9-12-10(3)13(17)7-8-14(12)18-11(4)19/h7-9H,5-6H2,1-4H3,(H,18,19). The maximum Gasteiger partial charge on any atom is 0.373 e. The minimum Gasteiger partial charge on any atom is -0.487 e. The molecular weight excluding hydrogens is 350 g/mol. The molecule has 0 aliphatic heterocycles. The van der Waals surface area contributed by atoms with Crippen LogP contribution in [-0.2, 0) is 19.1 Å². The van der Waals surface area contributed by atoms with Crippen LogP contribution < -0.4 is 5.32 Å². The van der Waals surface area contributed by atoms with Gasteiger partial charge in [-0.25, -0.2) is 4.79 Å². The molecule has 0 aliphatic carbocycles. The molecule has 0 saturated carbocycles. The Balaban J connectivity index is 3.36. The zero-order valence-corrected chi connectivity index (χ0v) is 14.7. The molecule has 0 spiro atoms. The molecular formula is C16H20BrNO4. The summed E-state index contributed by atoms with van der Waals surface area (Å²) in [6, 6.07) is 3.60. The molecule has 5 nitrogen and oxygen atoms in total. The topological polar surface area (TPSA) is 64.6 Å². The van der Waals surface area contributed by atoms with Gasteiger partial charge in [0.2, 0.25) is 11.7 Å². The van der Waals surface area contributed by atoms with Gasteiger partial charge < -0.3 is 14.8 Å². The van der Waals surface area contributed by atoms with E-state index < -0.39 is 5.97 Å². The lowest BCUT2D eigenvalue weighted by atomic mass is 10.1. The van der Waals surface area contributed by atoms with Gasteiger partial charge in [0.1, 0.15) is 0 Å². The van der Waals surface area contributed by atoms with Crippen LogP contribution >= 0.6 is 15.9 Å². The van der Waals surface area contributed by atoms with Crippen LogP contribution in [0.15, 0.2) is 22.4 Å². The van der Waals surface area contributed by atoms with Crippen LogP contribution in [0.4, 0.5) is 5.69 Å². The number of benzene rings is 1. The van der Waals surface area contributed by atoms with E-state index >= 15 is 0 Å². The highest BCUT2D eigenvalue weighted by atomic mass is 79.9. The molecule has 1 N–H and O–H groups in total. The molecule has 0 unspecified atom stereocenters. The van der Waals surface area contributed by atoms with Crippen molar-refractivity contribution in [1.29, 1.82) is 0 Å². The van der Waals surface area contributed by atoms with E-state index in [1.165, 1.54) is 6.92 Å². The Bertz CT molecular complexity index is 596. The van der Waals surface area contributed by atoms with Gasteiger partial charge in [0.15, 0.2) is 0 Å². The number of rotatable bonds is 6. The average Bonchev–Trinajstić information content (AvgIpc) is 2.45. The largest absolute Gasteiger partial charge is 0.487 e. The normalized spacial score (nSPS) is 11.0. The average molecular weight is 370 g/mol. The van der Waals surface area contributed by atoms with Crippen LogP contribution in [0.25, 0.3) is 6.08 Å². The van der Waals surface area contributed by atoms with Crippen LogP contribution in [0.5, 0.6) is 0 Å². The summed E-state index contributed by atoms with van der Waals surface area (Å²) in [4.78, 5) is 23.3. The number of nitrogens with one attached hydrogen (secondary N) is 1. The number of anilines is 1. The molecule has 1 rings (SSSR count). The number of halogens is 1. The molecule has 1 aromatic carbocycles. The third-order valence-corrected chi connectivity index (χ3v) is 3.67. The molecule has 1 amide bonds. The molecule has 0 radical (unpaired) electrons. The number of carbonyl (C=O) groups is 2. The van der Waals surface area contributed by atoms with Crippen molar-refractivity contribution in [2.24, 2.45) is 0 Å². The van der Waals surface area contributed by atoms with Crippen molar-refractivity contribution >= 4 is 39.6 Å². The number of hydrogen-bond donors (Lipinski definition) is 1. The first-order valence-electron chi connectivity index (χ1n) is 6.99. The summed E-state index contributed by atoms with van der Waals surface area (Å²) in [5.74, 6) is -0.611. The minimum atomic E-state index is -0.530. The molecule has 0 fully saturated rings. The van der Waals surface area contributed by atoms with E-state index in [0.29, 0.717) is 17.9 Å². The highest BCUT2D eigenvalue weighted by Gasteiger charge is 2.15. The van der Waals surface area contributed by atoms with Gasteiger partial charge in [-0.1, -0.05) is 15.9 Å². The Morgan fingerprint density at radius 3 is 2.41 bits per heavy atom. The van der Waals surface area contributed by atoms with Crippen LogP contribution in [-0.4, -0.2) is 25.1 Å². The monoisotopic (exact) mass is 369 g/mol. The molecule has 22 heavy (non-hydrogen) atoms. The summed E-state index contributed by atoms with van der Waals surface area (Å²) in [5, 5.41) is 2.75. The Morgan fingerprint density at radius 2 is 1.86 bits per heavy atom. The lowest BCUT2D eigenvalue weighted by Crippen LogP contribution is -2.12. The lowest BCUT2D eigenvalue weighted by molar-refractivity contribution is -0.142. The molecule has 0 bridgehead atoms. The maximum atomic E-state index is 12.0. The van der Waals surface area contributed by atoms with Crippen molar-refractivity contribution in [2.75, 3.05) is 18.5 Å². The van der Waals surface area contributed by atoms with Gasteiger partial charge in [-0.15, -0.1) is 0 Å². The van der Waals surface area contributed by atoms with Crippen LogP contribution in [0.3, 0.4) is 0 Å². The predicted molar refractivity (Wildman–Crippen MR) is 89.4 cm³/mol. The van der Waals surface area contributed by atoms with Gasteiger partial charge >= 0.3 is 5.97 Å². The third kappa shape index (κ3) is 4.87. The Hall–Kier alpha value is -1.82. The van der Waals surface area contributed by atoms with Gasteiger partial charge in [-0.3, -0.25) is 4.79 Å². The summed E-state index contributed by atoms with van der Waals surface area (Å²) >= 11 is 3.44. The molecule has 6 heteroatoms. The molecule has 120 valence electrons.